The van der Waals surface area contributed by atoms with Crippen molar-refractivity contribution < 1.29 is 18.0 Å². The molecule has 0 radical (unpaired) electrons. The number of nitrogens with one attached hydrogen (secondary N) is 1. The van der Waals surface area contributed by atoms with Crippen molar-refractivity contribution in [2.24, 2.45) is 5.92 Å². The topological polar surface area (TPSA) is 86.8 Å². The molecule has 42 heavy (non-hydrogen) atoms. The predicted octanol–water partition coefficient (Wildman–Crippen LogP) is 6.69. The molecule has 0 aliphatic carbocycles. The smallest absolute Gasteiger partial charge is 0.264 e. The third-order valence-corrected chi connectivity index (χ3v) is 9.62. The summed E-state index contributed by atoms with van der Waals surface area (Å²) < 4.78 is 29.2. The quantitative estimate of drug-likeness (QED) is 0.241. The van der Waals surface area contributed by atoms with Gasteiger partial charge in [0.15, 0.2) is 0 Å². The van der Waals surface area contributed by atoms with E-state index in [2.05, 4.69) is 5.32 Å². The Balaban J connectivity index is 2.11. The fraction of sp³-hybridized carbons (Fsp3) is 0.375. The van der Waals surface area contributed by atoms with Crippen molar-refractivity contribution in [3.63, 3.8) is 0 Å². The number of halogens is 2. The summed E-state index contributed by atoms with van der Waals surface area (Å²) in [6.45, 7) is 11.3. The minimum atomic E-state index is -4.16. The van der Waals surface area contributed by atoms with Crippen LogP contribution in [0.5, 0.6) is 0 Å². The van der Waals surface area contributed by atoms with E-state index in [0.29, 0.717) is 34.3 Å². The lowest BCUT2D eigenvalue weighted by atomic mass is 10.1. The summed E-state index contributed by atoms with van der Waals surface area (Å²) >= 11 is 13.0. The number of hydrogen-bond acceptors (Lipinski definition) is 4. The highest BCUT2D eigenvalue weighted by Gasteiger charge is 2.34. The summed E-state index contributed by atoms with van der Waals surface area (Å²) in [5.74, 6) is -0.693. The van der Waals surface area contributed by atoms with Gasteiger partial charge in [-0.1, -0.05) is 73.8 Å². The van der Waals surface area contributed by atoms with E-state index < -0.39 is 28.5 Å². The normalized spacial score (nSPS) is 12.2. The molecule has 0 heterocycles. The highest BCUT2D eigenvalue weighted by atomic mass is 35.5. The first-order valence-corrected chi connectivity index (χ1v) is 16.1. The third-order valence-electron chi connectivity index (χ3n) is 7.13. The summed E-state index contributed by atoms with van der Waals surface area (Å²) in [6.07, 6.45) is 0.298. The number of carbonyl (C=O) groups excluding carboxylic acids is 2. The molecule has 2 amide bonds. The Bertz CT molecular complexity index is 1500. The number of hydrogen-bond donors (Lipinski definition) is 1. The molecule has 3 rings (SSSR count). The van der Waals surface area contributed by atoms with E-state index in [-0.39, 0.29) is 23.3 Å². The maximum atomic E-state index is 14.2. The number of anilines is 1. The molecule has 226 valence electrons. The van der Waals surface area contributed by atoms with Crippen LogP contribution in [-0.4, -0.2) is 44.3 Å². The monoisotopic (exact) mass is 631 g/mol. The van der Waals surface area contributed by atoms with Crippen molar-refractivity contribution in [3.05, 3.63) is 93.0 Å². The molecule has 0 fully saturated rings. The molecule has 0 saturated heterocycles. The molecule has 0 bridgehead atoms. The fourth-order valence-corrected chi connectivity index (χ4v) is 6.37. The highest BCUT2D eigenvalue weighted by Crippen LogP contribution is 2.29. The first kappa shape index (κ1) is 33.4. The van der Waals surface area contributed by atoms with E-state index in [1.54, 1.807) is 49.4 Å². The van der Waals surface area contributed by atoms with Gasteiger partial charge in [-0.3, -0.25) is 13.9 Å². The Morgan fingerprint density at radius 3 is 2.07 bits per heavy atom. The van der Waals surface area contributed by atoms with Gasteiger partial charge in [0.05, 0.1) is 10.6 Å². The maximum Gasteiger partial charge on any atom is 0.264 e. The highest BCUT2D eigenvalue weighted by molar-refractivity contribution is 7.92. The molecular formula is C32H39Cl2N3O4S. The molecule has 7 nitrogen and oxygen atoms in total. The first-order valence-electron chi connectivity index (χ1n) is 13.9. The minimum absolute atomic E-state index is 0.0570. The van der Waals surface area contributed by atoms with Gasteiger partial charge < -0.3 is 10.2 Å². The van der Waals surface area contributed by atoms with Crippen molar-refractivity contribution >= 4 is 50.7 Å². The molecule has 0 aliphatic rings. The van der Waals surface area contributed by atoms with Crippen LogP contribution < -0.4 is 9.62 Å². The molecule has 0 unspecified atom stereocenters. The fourth-order valence-electron chi connectivity index (χ4n) is 4.44. The molecular weight excluding hydrogens is 593 g/mol. The van der Waals surface area contributed by atoms with Gasteiger partial charge in [-0.25, -0.2) is 8.42 Å². The SMILES string of the molecule is CC[C@@H](C(=O)NCC(C)C)N(Cc1c(Cl)cccc1Cl)C(=O)CN(c1ccc(C)c(C)c1)S(=O)(=O)c1ccc(C)cc1. The Kier molecular flexibility index (Phi) is 11.5. The number of amides is 2. The summed E-state index contributed by atoms with van der Waals surface area (Å²) in [6, 6.07) is 15.9. The van der Waals surface area contributed by atoms with Crippen LogP contribution in [0, 0.1) is 26.7 Å². The molecule has 1 atom stereocenters. The molecule has 10 heteroatoms. The number of aryl methyl sites for hydroxylation is 3. The predicted molar refractivity (Wildman–Crippen MR) is 171 cm³/mol. The van der Waals surface area contributed by atoms with Gasteiger partial charge in [-0.15, -0.1) is 0 Å². The summed E-state index contributed by atoms with van der Waals surface area (Å²) in [5, 5.41) is 3.60. The van der Waals surface area contributed by atoms with Crippen molar-refractivity contribution in [3.8, 4) is 0 Å². The lowest BCUT2D eigenvalue weighted by Crippen LogP contribution is -2.52. The van der Waals surface area contributed by atoms with Crippen LogP contribution in [0.25, 0.3) is 0 Å². The molecule has 0 saturated carbocycles. The van der Waals surface area contributed by atoms with Crippen LogP contribution >= 0.6 is 23.2 Å². The van der Waals surface area contributed by atoms with Crippen LogP contribution in [0.1, 0.15) is 49.4 Å². The Morgan fingerprint density at radius 1 is 0.905 bits per heavy atom. The van der Waals surface area contributed by atoms with Gasteiger partial charge in [0, 0.05) is 28.7 Å². The standard InChI is InChI=1S/C32H39Cl2N3O4S/c1-7-30(32(39)35-18-21(2)3)36(19-27-28(33)9-8-10-29(27)34)31(38)20-37(25-14-13-23(5)24(6)17-25)42(40,41)26-15-11-22(4)12-16-26/h8-17,21,30H,7,18-20H2,1-6H3,(H,35,39)/t30-/m0/s1. The van der Waals surface area contributed by atoms with Gasteiger partial charge >= 0.3 is 0 Å². The van der Waals surface area contributed by atoms with Crippen molar-refractivity contribution in [2.45, 2.75) is 65.4 Å². The van der Waals surface area contributed by atoms with E-state index in [1.807, 2.05) is 40.7 Å². The Labute approximate surface area is 259 Å². The van der Waals surface area contributed by atoms with Crippen molar-refractivity contribution in [1.29, 1.82) is 0 Å². The Hall–Kier alpha value is -3.07. The zero-order valence-electron chi connectivity index (χ0n) is 24.9. The average molecular weight is 633 g/mol. The maximum absolute atomic E-state index is 14.2. The number of nitrogens with zero attached hydrogens (tertiary/aromatic N) is 2. The second kappa shape index (κ2) is 14.4. The largest absolute Gasteiger partial charge is 0.354 e. The van der Waals surface area contributed by atoms with Gasteiger partial charge in [0.2, 0.25) is 11.8 Å². The van der Waals surface area contributed by atoms with E-state index in [9.17, 15) is 18.0 Å². The second-order valence-electron chi connectivity index (χ2n) is 10.9. The van der Waals surface area contributed by atoms with E-state index >= 15 is 0 Å². The van der Waals surface area contributed by atoms with Gasteiger partial charge in [-0.05, 0) is 80.6 Å². The van der Waals surface area contributed by atoms with Crippen molar-refractivity contribution in [1.82, 2.24) is 10.2 Å². The molecule has 3 aromatic rings. The summed E-state index contributed by atoms with van der Waals surface area (Å²) in [5.41, 5.74) is 3.59. The number of rotatable bonds is 12. The Morgan fingerprint density at radius 2 is 1.52 bits per heavy atom. The summed E-state index contributed by atoms with van der Waals surface area (Å²) in [4.78, 5) is 29.0. The van der Waals surface area contributed by atoms with Crippen LogP contribution in [0.2, 0.25) is 10.0 Å². The second-order valence-corrected chi connectivity index (χ2v) is 13.6. The molecule has 0 aliphatic heterocycles. The number of carbonyl (C=O) groups is 2. The van der Waals surface area contributed by atoms with Crippen LogP contribution in [0.3, 0.4) is 0 Å². The molecule has 0 aromatic heterocycles. The molecule has 0 spiro atoms. The molecule has 3 aromatic carbocycles. The zero-order valence-corrected chi connectivity index (χ0v) is 27.3. The third kappa shape index (κ3) is 8.06. The average Bonchev–Trinajstić information content (AvgIpc) is 2.93. The van der Waals surface area contributed by atoms with E-state index in [1.165, 1.54) is 17.0 Å². The van der Waals surface area contributed by atoms with Crippen molar-refractivity contribution in [2.75, 3.05) is 17.4 Å². The minimum Gasteiger partial charge on any atom is -0.354 e. The van der Waals surface area contributed by atoms with E-state index in [4.69, 9.17) is 23.2 Å². The lowest BCUT2D eigenvalue weighted by Gasteiger charge is -2.33. The van der Waals surface area contributed by atoms with Crippen LogP contribution in [0.15, 0.2) is 65.6 Å². The summed E-state index contributed by atoms with van der Waals surface area (Å²) in [7, 11) is -4.16. The zero-order chi connectivity index (χ0) is 31.2. The lowest BCUT2D eigenvalue weighted by molar-refractivity contribution is -0.140. The molecule has 1 N–H and O–H groups in total. The number of sulfonamides is 1. The number of benzene rings is 3. The van der Waals surface area contributed by atoms with Crippen LogP contribution in [0.4, 0.5) is 5.69 Å². The van der Waals surface area contributed by atoms with Gasteiger partial charge in [0.1, 0.15) is 12.6 Å². The first-order chi connectivity index (χ1) is 19.8. The van der Waals surface area contributed by atoms with Gasteiger partial charge in [0.25, 0.3) is 10.0 Å². The van der Waals surface area contributed by atoms with E-state index in [0.717, 1.165) is 21.0 Å². The van der Waals surface area contributed by atoms with Crippen LogP contribution in [-0.2, 0) is 26.2 Å². The van der Waals surface area contributed by atoms with Gasteiger partial charge in [-0.2, -0.15) is 0 Å².